The molecule has 0 spiro atoms. The van der Waals surface area contributed by atoms with E-state index in [1.54, 1.807) is 19.1 Å². The Morgan fingerprint density at radius 1 is 1.25 bits per heavy atom. The van der Waals surface area contributed by atoms with Crippen molar-refractivity contribution in [3.05, 3.63) is 46.4 Å². The second-order valence-corrected chi connectivity index (χ2v) is 6.05. The molecule has 0 amide bonds. The van der Waals surface area contributed by atoms with Gasteiger partial charge in [-0.15, -0.1) is 11.8 Å². The number of aryl methyl sites for hydroxylation is 1. The van der Waals surface area contributed by atoms with Crippen LogP contribution in [0.3, 0.4) is 0 Å². The second kappa shape index (κ2) is 6.97. The van der Waals surface area contributed by atoms with E-state index in [0.717, 1.165) is 11.8 Å². The van der Waals surface area contributed by atoms with Gasteiger partial charge >= 0.3 is 35.4 Å². The summed E-state index contributed by atoms with van der Waals surface area (Å²) in [4.78, 5) is 11.1. The zero-order chi connectivity index (χ0) is 14.0. The Hall–Kier alpha value is -0.510. The van der Waals surface area contributed by atoms with E-state index in [1.807, 2.05) is 0 Å². The summed E-state index contributed by atoms with van der Waals surface area (Å²) in [5.41, 5.74) is 0. The summed E-state index contributed by atoms with van der Waals surface area (Å²) in [7, 11) is -4.28. The van der Waals surface area contributed by atoms with Crippen LogP contribution in [0.15, 0.2) is 47.7 Å². The van der Waals surface area contributed by atoms with Gasteiger partial charge in [0.15, 0.2) is 5.76 Å². The van der Waals surface area contributed by atoms with E-state index in [2.05, 4.69) is 0 Å². The van der Waals surface area contributed by atoms with Crippen molar-refractivity contribution in [3.8, 4) is 0 Å². The average Bonchev–Trinajstić information content (AvgIpc) is 2.64. The SMILES string of the molecule is Cc1oc(=O)oc1CSc1ccccc1S(=O)(=O)O.[NaH]. The minimum absolute atomic E-state index is 0. The van der Waals surface area contributed by atoms with Gasteiger partial charge in [-0.3, -0.25) is 4.55 Å². The molecule has 0 fully saturated rings. The van der Waals surface area contributed by atoms with Crippen LogP contribution >= 0.6 is 11.8 Å². The molecule has 0 atom stereocenters. The van der Waals surface area contributed by atoms with Gasteiger partial charge in [-0.05, 0) is 19.1 Å². The van der Waals surface area contributed by atoms with E-state index in [4.69, 9.17) is 13.4 Å². The zero-order valence-electron chi connectivity index (χ0n) is 9.82. The zero-order valence-corrected chi connectivity index (χ0v) is 11.5. The van der Waals surface area contributed by atoms with Gasteiger partial charge in [0, 0.05) is 4.90 Å². The molecule has 1 heterocycles. The number of hydrogen-bond acceptors (Lipinski definition) is 6. The number of benzene rings is 1. The van der Waals surface area contributed by atoms with Crippen LogP contribution in [0.25, 0.3) is 0 Å². The van der Waals surface area contributed by atoms with E-state index >= 15 is 0 Å². The fourth-order valence-corrected chi connectivity index (χ4v) is 3.43. The third-order valence-electron chi connectivity index (χ3n) is 2.32. The first-order valence-corrected chi connectivity index (χ1v) is 7.59. The van der Waals surface area contributed by atoms with Crippen molar-refractivity contribution in [1.82, 2.24) is 0 Å². The maximum absolute atomic E-state index is 11.2. The van der Waals surface area contributed by atoms with Crippen molar-refractivity contribution < 1.29 is 21.8 Å². The van der Waals surface area contributed by atoms with Crippen LogP contribution in [0.2, 0.25) is 0 Å². The molecule has 0 bridgehead atoms. The summed E-state index contributed by atoms with van der Waals surface area (Å²) in [6.45, 7) is 1.58. The molecule has 0 radical (unpaired) electrons. The van der Waals surface area contributed by atoms with Gasteiger partial charge in [0.25, 0.3) is 10.1 Å². The summed E-state index contributed by atoms with van der Waals surface area (Å²) in [6, 6.07) is 6.02. The average molecular weight is 326 g/mol. The van der Waals surface area contributed by atoms with Gasteiger partial charge in [-0.1, -0.05) is 12.1 Å². The molecule has 0 saturated heterocycles. The fourth-order valence-electron chi connectivity index (χ4n) is 1.43. The number of thioether (sulfide) groups is 1. The van der Waals surface area contributed by atoms with E-state index < -0.39 is 15.9 Å². The molecule has 0 unspecified atom stereocenters. The molecule has 1 aromatic heterocycles. The molecule has 104 valence electrons. The molecular weight excluding hydrogens is 315 g/mol. The molecule has 1 N–H and O–H groups in total. The number of hydrogen-bond donors (Lipinski definition) is 1. The summed E-state index contributed by atoms with van der Waals surface area (Å²) >= 11 is 1.12. The van der Waals surface area contributed by atoms with Crippen LogP contribution in [0.5, 0.6) is 0 Å². The molecule has 20 heavy (non-hydrogen) atoms. The van der Waals surface area contributed by atoms with Crippen LogP contribution in [0.4, 0.5) is 0 Å². The molecule has 9 heteroatoms. The van der Waals surface area contributed by atoms with Crippen molar-refractivity contribution in [1.29, 1.82) is 0 Å². The normalized spacial score (nSPS) is 11.1. The standard InChI is InChI=1S/C11H10O6S2.Na.H/c1-7-8(17-11(12)16-7)6-18-9-4-2-3-5-10(9)19(13,14)15;;/h2-5H,6H2,1H3,(H,13,14,15);;. The quantitative estimate of drug-likeness (QED) is 0.515. The van der Waals surface area contributed by atoms with Crippen molar-refractivity contribution in [2.75, 3.05) is 0 Å². The summed E-state index contributed by atoms with van der Waals surface area (Å²) < 4.78 is 41.0. The first kappa shape index (κ1) is 17.5. The Labute approximate surface area is 141 Å². The maximum atomic E-state index is 11.2. The predicted molar refractivity (Wildman–Crippen MR) is 74.9 cm³/mol. The van der Waals surface area contributed by atoms with Gasteiger partial charge in [0.2, 0.25) is 0 Å². The summed E-state index contributed by atoms with van der Waals surface area (Å²) in [5.74, 6) is 0.113. The van der Waals surface area contributed by atoms with Gasteiger partial charge in [-0.2, -0.15) is 8.42 Å². The van der Waals surface area contributed by atoms with Crippen LogP contribution in [0.1, 0.15) is 11.5 Å². The van der Waals surface area contributed by atoms with Crippen molar-refractivity contribution in [2.45, 2.75) is 22.5 Å². The molecule has 0 aliphatic rings. The van der Waals surface area contributed by atoms with Gasteiger partial charge < -0.3 is 8.83 Å². The molecule has 0 aliphatic heterocycles. The topological polar surface area (TPSA) is 97.7 Å². The van der Waals surface area contributed by atoms with Crippen molar-refractivity contribution in [2.24, 2.45) is 0 Å². The van der Waals surface area contributed by atoms with E-state index in [9.17, 15) is 13.2 Å². The van der Waals surface area contributed by atoms with Gasteiger partial charge in [0.1, 0.15) is 10.7 Å². The van der Waals surface area contributed by atoms with E-state index in [-0.39, 0.29) is 40.2 Å². The van der Waals surface area contributed by atoms with Crippen molar-refractivity contribution >= 4 is 51.4 Å². The summed E-state index contributed by atoms with van der Waals surface area (Å²) in [6.07, 6.45) is 0. The molecule has 1 aromatic carbocycles. The molecule has 6 nitrogen and oxygen atoms in total. The second-order valence-electron chi connectivity index (χ2n) is 3.64. The van der Waals surface area contributed by atoms with E-state index in [0.29, 0.717) is 16.4 Å². The first-order chi connectivity index (χ1) is 8.88. The monoisotopic (exact) mass is 326 g/mol. The Balaban J connectivity index is 0.00000200. The Kier molecular flexibility index (Phi) is 6.11. The van der Waals surface area contributed by atoms with Crippen LogP contribution in [0, 0.1) is 6.92 Å². The predicted octanol–water partition coefficient (Wildman–Crippen LogP) is 1.43. The van der Waals surface area contributed by atoms with Crippen molar-refractivity contribution in [3.63, 3.8) is 0 Å². The van der Waals surface area contributed by atoms with Gasteiger partial charge in [0.05, 0.1) is 5.75 Å². The van der Waals surface area contributed by atoms with Crippen LogP contribution < -0.4 is 5.82 Å². The third-order valence-corrected chi connectivity index (χ3v) is 4.44. The Morgan fingerprint density at radius 3 is 2.45 bits per heavy atom. The molecule has 2 rings (SSSR count). The third kappa shape index (κ3) is 4.24. The minimum atomic E-state index is -4.28. The molecule has 0 saturated carbocycles. The van der Waals surface area contributed by atoms with Crippen LogP contribution in [-0.4, -0.2) is 42.5 Å². The molecule has 2 aromatic rings. The Bertz CT molecular complexity index is 746. The fraction of sp³-hybridized carbons (Fsp3) is 0.182. The molecular formula is C11H11NaO6S2. The van der Waals surface area contributed by atoms with Gasteiger partial charge in [-0.25, -0.2) is 4.79 Å². The summed E-state index contributed by atoms with van der Waals surface area (Å²) in [5, 5.41) is 0. The molecule has 0 aliphatic carbocycles. The van der Waals surface area contributed by atoms with Crippen LogP contribution in [-0.2, 0) is 15.9 Å². The number of rotatable bonds is 4. The Morgan fingerprint density at radius 2 is 1.90 bits per heavy atom. The van der Waals surface area contributed by atoms with E-state index in [1.165, 1.54) is 12.1 Å². The first-order valence-electron chi connectivity index (χ1n) is 5.16.